The fourth-order valence-corrected chi connectivity index (χ4v) is 4.44. The summed E-state index contributed by atoms with van der Waals surface area (Å²) < 4.78 is 2.33. The number of hydrogen-bond donors (Lipinski definition) is 0. The monoisotopic (exact) mass is 335 g/mol. The molecule has 4 rings (SSSR count). The van der Waals surface area contributed by atoms with Crippen LogP contribution in [0.25, 0.3) is 0 Å². The average Bonchev–Trinajstić information content (AvgIpc) is 2.87. The summed E-state index contributed by atoms with van der Waals surface area (Å²) in [6.45, 7) is 1.04. The highest BCUT2D eigenvalue weighted by atomic mass is 32.2. The van der Waals surface area contributed by atoms with E-state index >= 15 is 0 Å². The molecule has 3 aromatic rings. The van der Waals surface area contributed by atoms with Crippen molar-refractivity contribution in [1.82, 2.24) is 14.8 Å². The van der Waals surface area contributed by atoms with Gasteiger partial charge in [-0.2, -0.15) is 0 Å². The number of nitrogens with zero attached hydrogens (tertiary/aromatic N) is 3. The molecule has 2 aromatic carbocycles. The Bertz CT molecular complexity index is 744. The van der Waals surface area contributed by atoms with E-state index in [4.69, 9.17) is 0 Å². The molecule has 0 radical (unpaired) electrons. The number of rotatable bonds is 4. The SMILES string of the molecule is c1ccc(C(Sc2nnc3n2CCCCC3)c2ccccc2)cc1. The van der Waals surface area contributed by atoms with Crippen LogP contribution in [0.4, 0.5) is 0 Å². The van der Waals surface area contributed by atoms with Crippen molar-refractivity contribution >= 4 is 11.8 Å². The fourth-order valence-electron chi connectivity index (χ4n) is 3.24. The molecule has 1 aliphatic rings. The first-order chi connectivity index (χ1) is 11.9. The standard InChI is InChI=1S/C20H21N3S/c1-4-10-16(11-5-1)19(17-12-6-2-7-13-17)24-20-22-21-18-14-8-3-9-15-23(18)20/h1-2,4-7,10-13,19H,3,8-9,14-15H2. The van der Waals surface area contributed by atoms with Gasteiger partial charge in [-0.1, -0.05) is 78.8 Å². The van der Waals surface area contributed by atoms with Crippen molar-refractivity contribution in [1.29, 1.82) is 0 Å². The van der Waals surface area contributed by atoms with Gasteiger partial charge < -0.3 is 4.57 Å². The Balaban J connectivity index is 1.69. The molecule has 0 saturated carbocycles. The molecule has 1 aromatic heterocycles. The van der Waals surface area contributed by atoms with E-state index in [1.54, 1.807) is 0 Å². The van der Waals surface area contributed by atoms with Crippen LogP contribution in [-0.2, 0) is 13.0 Å². The minimum absolute atomic E-state index is 0.240. The summed E-state index contributed by atoms with van der Waals surface area (Å²) in [7, 11) is 0. The number of aryl methyl sites for hydroxylation is 1. The minimum atomic E-state index is 0.240. The van der Waals surface area contributed by atoms with Gasteiger partial charge in [0.1, 0.15) is 5.82 Å². The Kier molecular flexibility index (Phi) is 4.65. The lowest BCUT2D eigenvalue weighted by Crippen LogP contribution is -2.04. The molecule has 24 heavy (non-hydrogen) atoms. The van der Waals surface area contributed by atoms with Crippen LogP contribution in [0.5, 0.6) is 0 Å². The van der Waals surface area contributed by atoms with Crippen LogP contribution in [0.2, 0.25) is 0 Å². The molecule has 0 aliphatic carbocycles. The van der Waals surface area contributed by atoms with Crippen molar-refractivity contribution in [3.05, 3.63) is 77.6 Å². The van der Waals surface area contributed by atoms with Crippen molar-refractivity contribution in [3.8, 4) is 0 Å². The molecular formula is C20H21N3S. The Labute approximate surface area is 147 Å². The van der Waals surface area contributed by atoms with Crippen LogP contribution in [0.3, 0.4) is 0 Å². The smallest absolute Gasteiger partial charge is 0.192 e. The van der Waals surface area contributed by atoms with Crippen molar-refractivity contribution in [2.45, 2.75) is 42.6 Å². The summed E-state index contributed by atoms with van der Waals surface area (Å²) >= 11 is 1.81. The molecule has 0 unspecified atom stereocenters. The Morgan fingerprint density at radius 1 is 0.792 bits per heavy atom. The van der Waals surface area contributed by atoms with Crippen LogP contribution in [0.1, 0.15) is 41.5 Å². The van der Waals surface area contributed by atoms with Gasteiger partial charge >= 0.3 is 0 Å². The number of fused-ring (bicyclic) bond motifs is 1. The predicted octanol–water partition coefficient (Wildman–Crippen LogP) is 4.89. The minimum Gasteiger partial charge on any atom is -0.306 e. The van der Waals surface area contributed by atoms with Crippen molar-refractivity contribution in [2.24, 2.45) is 0 Å². The molecular weight excluding hydrogens is 314 g/mol. The summed E-state index contributed by atoms with van der Waals surface area (Å²) in [5.74, 6) is 1.15. The van der Waals surface area contributed by atoms with Crippen LogP contribution >= 0.6 is 11.8 Å². The molecule has 0 amide bonds. The Morgan fingerprint density at radius 2 is 1.46 bits per heavy atom. The molecule has 0 N–H and O–H groups in total. The third-order valence-corrected chi connectivity index (χ3v) is 5.80. The highest BCUT2D eigenvalue weighted by Crippen LogP contribution is 2.40. The van der Waals surface area contributed by atoms with E-state index in [-0.39, 0.29) is 5.25 Å². The van der Waals surface area contributed by atoms with Gasteiger partial charge in [-0.3, -0.25) is 0 Å². The van der Waals surface area contributed by atoms with E-state index in [2.05, 4.69) is 75.4 Å². The highest BCUT2D eigenvalue weighted by molar-refractivity contribution is 7.99. The van der Waals surface area contributed by atoms with Gasteiger partial charge in [0.05, 0.1) is 5.25 Å². The lowest BCUT2D eigenvalue weighted by atomic mass is 10.0. The van der Waals surface area contributed by atoms with Crippen molar-refractivity contribution in [3.63, 3.8) is 0 Å². The highest BCUT2D eigenvalue weighted by Gasteiger charge is 2.21. The van der Waals surface area contributed by atoms with Gasteiger partial charge in [0.15, 0.2) is 5.16 Å². The van der Waals surface area contributed by atoms with Crippen LogP contribution in [0, 0.1) is 0 Å². The zero-order chi connectivity index (χ0) is 16.2. The zero-order valence-electron chi connectivity index (χ0n) is 13.6. The van der Waals surface area contributed by atoms with E-state index in [1.807, 2.05) is 11.8 Å². The summed E-state index contributed by atoms with van der Waals surface area (Å²) in [5, 5.41) is 10.2. The van der Waals surface area contributed by atoms with Gasteiger partial charge in [0, 0.05) is 13.0 Å². The maximum Gasteiger partial charge on any atom is 0.192 e. The van der Waals surface area contributed by atoms with E-state index in [0.717, 1.165) is 23.9 Å². The van der Waals surface area contributed by atoms with Gasteiger partial charge in [-0.15, -0.1) is 10.2 Å². The number of hydrogen-bond acceptors (Lipinski definition) is 3. The van der Waals surface area contributed by atoms with Gasteiger partial charge in [-0.25, -0.2) is 0 Å². The van der Waals surface area contributed by atoms with Crippen LogP contribution in [0.15, 0.2) is 65.8 Å². The molecule has 0 spiro atoms. The van der Waals surface area contributed by atoms with Gasteiger partial charge in [-0.05, 0) is 24.0 Å². The van der Waals surface area contributed by atoms with E-state index in [0.29, 0.717) is 0 Å². The van der Waals surface area contributed by atoms with E-state index in [9.17, 15) is 0 Å². The number of benzene rings is 2. The van der Waals surface area contributed by atoms with E-state index in [1.165, 1.54) is 30.4 Å². The molecule has 1 aliphatic heterocycles. The molecule has 3 nitrogen and oxygen atoms in total. The molecule has 0 saturated heterocycles. The maximum absolute atomic E-state index is 4.51. The van der Waals surface area contributed by atoms with Crippen molar-refractivity contribution in [2.75, 3.05) is 0 Å². The quantitative estimate of drug-likeness (QED) is 0.636. The lowest BCUT2D eigenvalue weighted by Gasteiger charge is -2.17. The molecule has 0 bridgehead atoms. The Hall–Kier alpha value is -2.07. The average molecular weight is 335 g/mol. The molecule has 4 heteroatoms. The lowest BCUT2D eigenvalue weighted by molar-refractivity contribution is 0.590. The second kappa shape index (κ2) is 7.22. The molecule has 0 fully saturated rings. The summed E-state index contributed by atoms with van der Waals surface area (Å²) in [6.07, 6.45) is 4.78. The Morgan fingerprint density at radius 3 is 2.12 bits per heavy atom. The number of aromatic nitrogens is 3. The normalized spacial score (nSPS) is 14.4. The number of thioether (sulfide) groups is 1. The summed E-state index contributed by atoms with van der Waals surface area (Å²) in [5.41, 5.74) is 2.61. The third kappa shape index (κ3) is 3.24. The first kappa shape index (κ1) is 15.5. The third-order valence-electron chi connectivity index (χ3n) is 4.50. The summed E-state index contributed by atoms with van der Waals surface area (Å²) in [6, 6.07) is 21.4. The molecule has 0 atom stereocenters. The second-order valence-electron chi connectivity index (χ2n) is 6.18. The maximum atomic E-state index is 4.51. The predicted molar refractivity (Wildman–Crippen MR) is 98.2 cm³/mol. The van der Waals surface area contributed by atoms with Crippen molar-refractivity contribution < 1.29 is 0 Å². The van der Waals surface area contributed by atoms with Crippen LogP contribution < -0.4 is 0 Å². The van der Waals surface area contributed by atoms with Gasteiger partial charge in [0.25, 0.3) is 0 Å². The second-order valence-corrected chi connectivity index (χ2v) is 7.25. The topological polar surface area (TPSA) is 30.7 Å². The largest absolute Gasteiger partial charge is 0.306 e. The first-order valence-corrected chi connectivity index (χ1v) is 9.48. The molecule has 122 valence electrons. The zero-order valence-corrected chi connectivity index (χ0v) is 14.5. The van der Waals surface area contributed by atoms with Crippen LogP contribution in [-0.4, -0.2) is 14.8 Å². The summed E-state index contributed by atoms with van der Waals surface area (Å²) in [4.78, 5) is 0. The molecule has 2 heterocycles. The van der Waals surface area contributed by atoms with E-state index < -0.39 is 0 Å². The van der Waals surface area contributed by atoms with Gasteiger partial charge in [0.2, 0.25) is 0 Å². The fraction of sp³-hybridized carbons (Fsp3) is 0.300. The first-order valence-electron chi connectivity index (χ1n) is 8.60.